The third-order valence-corrected chi connectivity index (χ3v) is 3.14. The van der Waals surface area contributed by atoms with Crippen molar-refractivity contribution < 1.29 is 0 Å². The zero-order valence-electron chi connectivity index (χ0n) is 11.1. The Hall–Kier alpha value is -1.95. The largest absolute Gasteiger partial charge is 0.331 e. The normalized spacial score (nSPS) is 10.7. The average Bonchev–Trinajstić information content (AvgIpc) is 2.46. The molecule has 6 nitrogen and oxygen atoms in total. The molecule has 7 heteroatoms. The topological polar surface area (TPSA) is 69.8 Å². The second-order valence-corrected chi connectivity index (χ2v) is 4.80. The van der Waals surface area contributed by atoms with Crippen LogP contribution >= 0.6 is 11.6 Å². The van der Waals surface area contributed by atoms with Crippen LogP contribution in [0.1, 0.15) is 17.7 Å². The van der Waals surface area contributed by atoms with E-state index in [1.807, 2.05) is 0 Å². The van der Waals surface area contributed by atoms with Gasteiger partial charge in [0, 0.05) is 36.6 Å². The van der Waals surface area contributed by atoms with Crippen LogP contribution in [0, 0.1) is 6.92 Å². The number of aryl methyl sites for hydroxylation is 1. The molecular weight excluding hydrogens is 280 g/mol. The van der Waals surface area contributed by atoms with Crippen molar-refractivity contribution in [1.82, 2.24) is 19.1 Å². The fourth-order valence-corrected chi connectivity index (χ4v) is 2.03. The van der Waals surface area contributed by atoms with Crippen LogP contribution in [0.25, 0.3) is 0 Å². The molecule has 0 aromatic carbocycles. The van der Waals surface area contributed by atoms with E-state index in [0.29, 0.717) is 30.1 Å². The average molecular weight is 295 g/mol. The first-order valence-corrected chi connectivity index (χ1v) is 6.78. The standard InChI is InChI=1S/C13H15ClN4O2/c1-10-8-17(9-11-7-15-4-5-16-11)13(20)18(12(10)19)6-2-3-14/h4-5,7-8H,2-3,6,9H2,1H3. The number of hydrogen-bond acceptors (Lipinski definition) is 4. The van der Waals surface area contributed by atoms with Crippen molar-refractivity contribution >= 4 is 11.6 Å². The molecule has 0 amide bonds. The number of alkyl halides is 1. The van der Waals surface area contributed by atoms with Gasteiger partial charge in [0.05, 0.1) is 18.4 Å². The summed E-state index contributed by atoms with van der Waals surface area (Å²) in [6.45, 7) is 2.30. The highest BCUT2D eigenvalue weighted by atomic mass is 35.5. The van der Waals surface area contributed by atoms with Crippen molar-refractivity contribution in [3.63, 3.8) is 0 Å². The SMILES string of the molecule is Cc1cn(Cc2cnccn2)c(=O)n(CCCCl)c1=O. The van der Waals surface area contributed by atoms with Crippen molar-refractivity contribution in [2.45, 2.75) is 26.4 Å². The molecule has 0 radical (unpaired) electrons. The van der Waals surface area contributed by atoms with E-state index in [1.165, 1.54) is 9.13 Å². The summed E-state index contributed by atoms with van der Waals surface area (Å²) in [4.78, 5) is 32.4. The van der Waals surface area contributed by atoms with Gasteiger partial charge in [-0.3, -0.25) is 23.9 Å². The Balaban J connectivity index is 2.42. The van der Waals surface area contributed by atoms with E-state index < -0.39 is 0 Å². The van der Waals surface area contributed by atoms with E-state index in [9.17, 15) is 9.59 Å². The molecule has 2 aromatic rings. The Bertz CT molecular complexity index is 694. The van der Waals surface area contributed by atoms with E-state index in [1.54, 1.807) is 31.7 Å². The van der Waals surface area contributed by atoms with Gasteiger partial charge in [-0.1, -0.05) is 0 Å². The van der Waals surface area contributed by atoms with Gasteiger partial charge >= 0.3 is 5.69 Å². The van der Waals surface area contributed by atoms with Gasteiger partial charge in [0.1, 0.15) is 0 Å². The molecule has 0 fully saturated rings. The molecule has 0 atom stereocenters. The van der Waals surface area contributed by atoms with Crippen molar-refractivity contribution in [1.29, 1.82) is 0 Å². The van der Waals surface area contributed by atoms with Gasteiger partial charge in [-0.15, -0.1) is 11.6 Å². The number of nitrogens with zero attached hydrogens (tertiary/aromatic N) is 4. The molecule has 0 aliphatic carbocycles. The molecule has 0 saturated heterocycles. The van der Waals surface area contributed by atoms with Crippen molar-refractivity contribution in [2.24, 2.45) is 0 Å². The summed E-state index contributed by atoms with van der Waals surface area (Å²) >= 11 is 5.62. The van der Waals surface area contributed by atoms with Gasteiger partial charge in [-0.25, -0.2) is 4.79 Å². The number of hydrogen-bond donors (Lipinski definition) is 0. The van der Waals surface area contributed by atoms with E-state index in [-0.39, 0.29) is 17.8 Å². The number of halogens is 1. The highest BCUT2D eigenvalue weighted by Crippen LogP contribution is 1.96. The summed E-state index contributed by atoms with van der Waals surface area (Å²) in [6, 6.07) is 0. The first-order valence-electron chi connectivity index (χ1n) is 6.25. The Kier molecular flexibility index (Phi) is 4.68. The predicted octanol–water partition coefficient (Wildman–Crippen LogP) is 0.786. The Labute approximate surface area is 120 Å². The molecule has 2 heterocycles. The molecule has 2 aromatic heterocycles. The number of rotatable bonds is 5. The predicted molar refractivity (Wildman–Crippen MR) is 76.2 cm³/mol. The lowest BCUT2D eigenvalue weighted by Gasteiger charge is -2.10. The lowest BCUT2D eigenvalue weighted by atomic mass is 10.3. The molecule has 0 unspecified atom stereocenters. The number of aromatic nitrogens is 4. The smallest absolute Gasteiger partial charge is 0.294 e. The van der Waals surface area contributed by atoms with Crippen molar-refractivity contribution in [2.75, 3.05) is 5.88 Å². The summed E-state index contributed by atoms with van der Waals surface area (Å²) < 4.78 is 2.68. The summed E-state index contributed by atoms with van der Waals surface area (Å²) in [5.74, 6) is 0.407. The van der Waals surface area contributed by atoms with Crippen LogP contribution in [-0.2, 0) is 13.1 Å². The fraction of sp³-hybridized carbons (Fsp3) is 0.385. The molecule has 0 bridgehead atoms. The summed E-state index contributed by atoms with van der Waals surface area (Å²) in [7, 11) is 0. The van der Waals surface area contributed by atoms with Crippen LogP contribution in [-0.4, -0.2) is 25.0 Å². The zero-order chi connectivity index (χ0) is 14.5. The lowest BCUT2D eigenvalue weighted by Crippen LogP contribution is -2.41. The minimum Gasteiger partial charge on any atom is -0.294 e. The summed E-state index contributed by atoms with van der Waals surface area (Å²) in [5, 5.41) is 0. The van der Waals surface area contributed by atoms with Gasteiger partial charge < -0.3 is 0 Å². The van der Waals surface area contributed by atoms with Crippen LogP contribution < -0.4 is 11.2 Å². The molecule has 0 N–H and O–H groups in total. The van der Waals surface area contributed by atoms with Gasteiger partial charge in [-0.2, -0.15) is 0 Å². The van der Waals surface area contributed by atoms with Gasteiger partial charge in [0.2, 0.25) is 0 Å². The Morgan fingerprint density at radius 3 is 2.75 bits per heavy atom. The van der Waals surface area contributed by atoms with E-state index >= 15 is 0 Å². The minimum absolute atomic E-state index is 0.268. The molecule has 0 saturated carbocycles. The monoisotopic (exact) mass is 294 g/mol. The second-order valence-electron chi connectivity index (χ2n) is 4.42. The third kappa shape index (κ3) is 3.14. The molecule has 20 heavy (non-hydrogen) atoms. The van der Waals surface area contributed by atoms with Crippen molar-refractivity contribution in [3.05, 3.63) is 56.9 Å². The Morgan fingerprint density at radius 2 is 2.10 bits per heavy atom. The first kappa shape index (κ1) is 14.5. The maximum absolute atomic E-state index is 12.3. The highest BCUT2D eigenvalue weighted by molar-refractivity contribution is 6.17. The summed E-state index contributed by atoms with van der Waals surface area (Å²) in [5.41, 5.74) is 0.562. The minimum atomic E-state index is -0.351. The lowest BCUT2D eigenvalue weighted by molar-refractivity contribution is 0.558. The fourth-order valence-electron chi connectivity index (χ4n) is 1.91. The van der Waals surface area contributed by atoms with Crippen molar-refractivity contribution in [3.8, 4) is 0 Å². The van der Waals surface area contributed by atoms with Gasteiger partial charge in [0.25, 0.3) is 5.56 Å². The van der Waals surface area contributed by atoms with Crippen LogP contribution in [0.4, 0.5) is 0 Å². The van der Waals surface area contributed by atoms with Gasteiger partial charge in [-0.05, 0) is 13.3 Å². The second kappa shape index (κ2) is 6.47. The van der Waals surface area contributed by atoms with Crippen LogP contribution in [0.3, 0.4) is 0 Å². The summed E-state index contributed by atoms with van der Waals surface area (Å²) in [6.07, 6.45) is 6.85. The van der Waals surface area contributed by atoms with Crippen LogP contribution in [0.2, 0.25) is 0 Å². The molecule has 2 rings (SSSR count). The molecule has 0 aliphatic heterocycles. The maximum Gasteiger partial charge on any atom is 0.331 e. The molecular formula is C13H15ClN4O2. The third-order valence-electron chi connectivity index (χ3n) is 2.87. The molecule has 0 aliphatic rings. The van der Waals surface area contributed by atoms with Crippen LogP contribution in [0.5, 0.6) is 0 Å². The quantitative estimate of drug-likeness (QED) is 0.764. The van der Waals surface area contributed by atoms with E-state index in [4.69, 9.17) is 11.6 Å². The zero-order valence-corrected chi connectivity index (χ0v) is 11.9. The van der Waals surface area contributed by atoms with E-state index in [2.05, 4.69) is 9.97 Å². The molecule has 106 valence electrons. The Morgan fingerprint density at radius 1 is 1.30 bits per heavy atom. The molecule has 0 spiro atoms. The first-order chi connectivity index (χ1) is 9.63. The highest BCUT2D eigenvalue weighted by Gasteiger charge is 2.09. The van der Waals surface area contributed by atoms with Gasteiger partial charge in [0.15, 0.2) is 0 Å². The van der Waals surface area contributed by atoms with E-state index in [0.717, 1.165) is 0 Å². The maximum atomic E-state index is 12.3. The van der Waals surface area contributed by atoms with Crippen LogP contribution in [0.15, 0.2) is 34.4 Å².